The fraction of sp³-hybridized carbons (Fsp3) is 0.100. The summed E-state index contributed by atoms with van der Waals surface area (Å²) in [6, 6.07) is 34.4. The van der Waals surface area contributed by atoms with E-state index in [1.165, 1.54) is 0 Å². The number of nitrogens with one attached hydrogen (secondary N) is 2. The van der Waals surface area contributed by atoms with Crippen molar-refractivity contribution in [3.05, 3.63) is 109 Å². The lowest BCUT2D eigenvalue weighted by Crippen LogP contribution is -2.12. The maximum absolute atomic E-state index is 12.5. The Balaban J connectivity index is 1.63. The van der Waals surface area contributed by atoms with Crippen LogP contribution < -0.4 is 14.8 Å². The van der Waals surface area contributed by atoms with Crippen LogP contribution in [0.1, 0.15) is 5.56 Å². The van der Waals surface area contributed by atoms with E-state index < -0.39 is 11.4 Å². The summed E-state index contributed by atoms with van der Waals surface area (Å²) in [7, 11) is 1.66. The van der Waals surface area contributed by atoms with Gasteiger partial charge in [0.2, 0.25) is 0 Å². The van der Waals surface area contributed by atoms with E-state index in [0.29, 0.717) is 6.54 Å². The van der Waals surface area contributed by atoms with Crippen molar-refractivity contribution in [2.24, 2.45) is 0 Å². The Morgan fingerprint density at radius 3 is 2.14 bits per heavy atom. The molecule has 1 heterocycles. The zero-order chi connectivity index (χ0) is 24.9. The summed E-state index contributed by atoms with van der Waals surface area (Å²) in [5.41, 5.74) is 7.52. The van der Waals surface area contributed by atoms with Gasteiger partial charge >= 0.3 is 0 Å². The number of rotatable bonds is 8. The molecule has 0 aliphatic carbocycles. The Morgan fingerprint density at radius 2 is 1.50 bits per heavy atom. The minimum absolute atomic E-state index is 0.666. The van der Waals surface area contributed by atoms with Crippen molar-refractivity contribution in [3.8, 4) is 28.1 Å². The molecular weight excluding hydrogens is 466 g/mol. The minimum Gasteiger partial charge on any atom is -0.593 e. The van der Waals surface area contributed by atoms with Gasteiger partial charge in [-0.25, -0.2) is 9.71 Å². The van der Waals surface area contributed by atoms with Crippen molar-refractivity contribution < 1.29 is 9.29 Å². The van der Waals surface area contributed by atoms with Crippen LogP contribution in [0.25, 0.3) is 33.3 Å². The first-order chi connectivity index (χ1) is 17.6. The number of pyridine rings is 1. The van der Waals surface area contributed by atoms with Gasteiger partial charge in [0.25, 0.3) is 0 Å². The number of hydrogen-bond acceptors (Lipinski definition) is 5. The van der Waals surface area contributed by atoms with Crippen LogP contribution in [0.4, 0.5) is 11.4 Å². The molecule has 0 saturated heterocycles. The summed E-state index contributed by atoms with van der Waals surface area (Å²) in [5.74, 6) is 0.835. The SMILES string of the molecule is COc1ccc(CNc2ccc3nc(-c4ccccc4)c(-c4ccccc4)c(N[S+](C)[O-])c3c2)cc1. The Morgan fingerprint density at radius 1 is 0.833 bits per heavy atom. The van der Waals surface area contributed by atoms with E-state index in [1.54, 1.807) is 13.4 Å². The molecule has 6 heteroatoms. The molecule has 0 amide bonds. The van der Waals surface area contributed by atoms with Crippen LogP contribution in [0.5, 0.6) is 5.75 Å². The Hall–Kier alpha value is -4.00. The summed E-state index contributed by atoms with van der Waals surface area (Å²) in [6.07, 6.45) is 1.65. The third-order valence-corrected chi connectivity index (χ3v) is 6.49. The number of aromatic nitrogens is 1. The van der Waals surface area contributed by atoms with Gasteiger partial charge in [-0.05, 0) is 41.5 Å². The Bertz CT molecular complexity index is 1460. The van der Waals surface area contributed by atoms with Crippen LogP contribution in [0.3, 0.4) is 0 Å². The van der Waals surface area contributed by atoms with Gasteiger partial charge in [-0.1, -0.05) is 72.8 Å². The van der Waals surface area contributed by atoms with E-state index in [9.17, 15) is 4.55 Å². The highest BCUT2D eigenvalue weighted by molar-refractivity contribution is 7.92. The van der Waals surface area contributed by atoms with Crippen LogP contribution in [-0.4, -0.2) is 22.9 Å². The highest BCUT2D eigenvalue weighted by Crippen LogP contribution is 2.42. The van der Waals surface area contributed by atoms with Crippen LogP contribution in [0.15, 0.2) is 103 Å². The van der Waals surface area contributed by atoms with Crippen LogP contribution in [0.2, 0.25) is 0 Å². The molecule has 1 aromatic heterocycles. The summed E-state index contributed by atoms with van der Waals surface area (Å²) in [4.78, 5) is 5.09. The predicted molar refractivity (Wildman–Crippen MR) is 151 cm³/mol. The standard InChI is InChI=1S/C30H27N3O2S/c1-35-25-16-13-21(14-17-25)20-31-24-15-18-27-26(19-24)30(33-36(2)34)28(22-9-5-3-6-10-22)29(32-27)23-11-7-4-8-12-23/h3-19,31H,20H2,1-2H3,(H,32,33). The smallest absolute Gasteiger partial charge is 0.121 e. The number of methoxy groups -OCH3 is 1. The van der Waals surface area contributed by atoms with E-state index in [1.807, 2.05) is 72.8 Å². The Labute approximate surface area is 214 Å². The number of benzene rings is 4. The average molecular weight is 494 g/mol. The summed E-state index contributed by atoms with van der Waals surface area (Å²) in [6.45, 7) is 0.666. The molecule has 1 atom stereocenters. The van der Waals surface area contributed by atoms with Gasteiger partial charge in [-0.15, -0.1) is 0 Å². The van der Waals surface area contributed by atoms with E-state index >= 15 is 0 Å². The summed E-state index contributed by atoms with van der Waals surface area (Å²) in [5, 5.41) is 4.41. The molecule has 5 aromatic rings. The first-order valence-electron chi connectivity index (χ1n) is 11.7. The molecule has 4 aromatic carbocycles. The number of fused-ring (bicyclic) bond motifs is 1. The summed E-state index contributed by atoms with van der Waals surface area (Å²) < 4.78 is 21.0. The van der Waals surface area contributed by atoms with Gasteiger partial charge in [0, 0.05) is 28.7 Å². The van der Waals surface area contributed by atoms with Crippen LogP contribution in [0, 0.1) is 0 Å². The van der Waals surface area contributed by atoms with Gasteiger partial charge < -0.3 is 14.6 Å². The highest BCUT2D eigenvalue weighted by atomic mass is 32.2. The van der Waals surface area contributed by atoms with Gasteiger partial charge in [-0.2, -0.15) is 0 Å². The lowest BCUT2D eigenvalue weighted by Gasteiger charge is -2.19. The lowest BCUT2D eigenvalue weighted by atomic mass is 9.95. The quantitative estimate of drug-likeness (QED) is 0.230. The first kappa shape index (κ1) is 23.7. The van der Waals surface area contributed by atoms with Crippen LogP contribution >= 0.6 is 0 Å². The molecule has 1 unspecified atom stereocenters. The van der Waals surface area contributed by atoms with Crippen molar-refractivity contribution >= 4 is 33.6 Å². The molecule has 0 radical (unpaired) electrons. The van der Waals surface area contributed by atoms with Gasteiger partial charge in [0.05, 0.1) is 29.7 Å². The fourth-order valence-corrected chi connectivity index (χ4v) is 4.76. The lowest BCUT2D eigenvalue weighted by molar-refractivity contribution is 0.414. The van der Waals surface area contributed by atoms with Crippen LogP contribution in [-0.2, 0) is 17.9 Å². The molecule has 5 rings (SSSR count). The predicted octanol–water partition coefficient (Wildman–Crippen LogP) is 6.89. The van der Waals surface area contributed by atoms with E-state index in [-0.39, 0.29) is 0 Å². The fourth-order valence-electron chi connectivity index (χ4n) is 4.26. The summed E-state index contributed by atoms with van der Waals surface area (Å²) >= 11 is -1.27. The Kier molecular flexibility index (Phi) is 7.07. The molecule has 0 aliphatic heterocycles. The van der Waals surface area contributed by atoms with Crippen molar-refractivity contribution in [2.45, 2.75) is 6.54 Å². The second kappa shape index (κ2) is 10.7. The van der Waals surface area contributed by atoms with E-state index in [4.69, 9.17) is 9.72 Å². The number of hydrogen-bond donors (Lipinski definition) is 2. The molecule has 0 fully saturated rings. The van der Waals surface area contributed by atoms with E-state index in [2.05, 4.69) is 40.4 Å². The van der Waals surface area contributed by atoms with Crippen molar-refractivity contribution in [1.29, 1.82) is 0 Å². The van der Waals surface area contributed by atoms with Crippen molar-refractivity contribution in [3.63, 3.8) is 0 Å². The van der Waals surface area contributed by atoms with Gasteiger partial charge in [0.15, 0.2) is 0 Å². The molecule has 0 saturated carbocycles. The molecule has 180 valence electrons. The number of ether oxygens (including phenoxy) is 1. The zero-order valence-corrected chi connectivity index (χ0v) is 21.0. The molecule has 5 nitrogen and oxygen atoms in total. The number of anilines is 2. The minimum atomic E-state index is -1.27. The maximum atomic E-state index is 12.5. The molecular formula is C30H27N3O2S. The topological polar surface area (TPSA) is 69.2 Å². The average Bonchev–Trinajstić information content (AvgIpc) is 2.92. The first-order valence-corrected chi connectivity index (χ1v) is 13.2. The number of nitrogens with zero attached hydrogens (tertiary/aromatic N) is 1. The molecule has 36 heavy (non-hydrogen) atoms. The van der Waals surface area contributed by atoms with E-state index in [0.717, 1.165) is 56.0 Å². The largest absolute Gasteiger partial charge is 0.593 e. The van der Waals surface area contributed by atoms with Crippen molar-refractivity contribution in [2.75, 3.05) is 23.4 Å². The monoisotopic (exact) mass is 493 g/mol. The zero-order valence-electron chi connectivity index (χ0n) is 20.2. The van der Waals surface area contributed by atoms with Crippen molar-refractivity contribution in [1.82, 2.24) is 4.98 Å². The normalized spacial score (nSPS) is 11.8. The second-order valence-electron chi connectivity index (χ2n) is 8.43. The third kappa shape index (κ3) is 5.15. The molecule has 2 N–H and O–H groups in total. The maximum Gasteiger partial charge on any atom is 0.121 e. The second-order valence-corrected chi connectivity index (χ2v) is 9.54. The third-order valence-electron chi connectivity index (χ3n) is 6.00. The van der Waals surface area contributed by atoms with Gasteiger partial charge in [-0.3, -0.25) is 0 Å². The molecule has 0 spiro atoms. The molecule has 0 aliphatic rings. The van der Waals surface area contributed by atoms with Gasteiger partial charge in [0.1, 0.15) is 17.7 Å². The highest BCUT2D eigenvalue weighted by Gasteiger charge is 2.20. The molecule has 0 bridgehead atoms.